The van der Waals surface area contributed by atoms with Gasteiger partial charge in [-0.25, -0.2) is 53.0 Å². The van der Waals surface area contributed by atoms with Gasteiger partial charge in [0.1, 0.15) is 0 Å². The summed E-state index contributed by atoms with van der Waals surface area (Å²) in [4.78, 5) is 16.5. The van der Waals surface area contributed by atoms with Gasteiger partial charge in [0.15, 0.2) is 12.3 Å². The average Bonchev–Trinajstić information content (AvgIpc) is 2.88. The van der Waals surface area contributed by atoms with Crippen molar-refractivity contribution in [3.8, 4) is 0 Å². The molecule has 0 heterocycles. The summed E-state index contributed by atoms with van der Waals surface area (Å²) in [7, 11) is -8.08. The van der Waals surface area contributed by atoms with Gasteiger partial charge >= 0.3 is 61.1 Å². The molecule has 292 valence electrons. The van der Waals surface area contributed by atoms with Crippen molar-refractivity contribution in [1.29, 1.82) is 0 Å². The Morgan fingerprint density at radius 2 is 0.688 bits per heavy atom. The van der Waals surface area contributed by atoms with Crippen LogP contribution >= 0.6 is 7.82 Å². The second-order valence-corrected chi connectivity index (χ2v) is 9.86. The average molecular weight is 807 g/mol. The normalized spacial score (nSPS) is 19.8. The Labute approximate surface area is 245 Å². The molecule has 0 fully saturated rings. The second-order valence-electron chi connectivity index (χ2n) is 8.69. The Balaban J connectivity index is 0. The molecule has 0 aliphatic heterocycles. The number of phosphoric acid groups is 1. The van der Waals surface area contributed by atoms with Crippen molar-refractivity contribution >= 4 is 7.82 Å². The lowest BCUT2D eigenvalue weighted by Crippen LogP contribution is -2.76. The van der Waals surface area contributed by atoms with Crippen molar-refractivity contribution in [3.05, 3.63) is 0 Å². The SMILES string of the molecule is N.O=P(O)(O)OC(F)(C(F)C(F)(F)C(F)(F)C(F)(F)C(F)(F)C(F)C(F)C(F)F)C(F)(F)C(F)(F)C(F)(F)C(F)(F)C(F)C(F)C(F)F. The summed E-state index contributed by atoms with van der Waals surface area (Å²) in [5, 5.41) is 0. The maximum Gasteiger partial charge on any atom is 0.472 e. The standard InChI is InChI=1S/C16H9F26O4P.H3N/c17-1(5(21)22)3(19)8(26,27)12(33,34)14(37,38)10(30,31)7(25)11(32,46-47(43,44)45)15(39,40)16(41,42)13(35,36)9(28,29)4(20)2(18)6(23)24;/h1-7H,(H2,43,44,45);1H3. The predicted molar refractivity (Wildman–Crippen MR) is 98.1 cm³/mol. The Bertz CT molecular complexity index is 1130. The van der Waals surface area contributed by atoms with Crippen LogP contribution in [0.15, 0.2) is 0 Å². The highest BCUT2D eigenvalue weighted by atomic mass is 31.2. The molecule has 0 aliphatic carbocycles. The maximum absolute atomic E-state index is 14.8. The van der Waals surface area contributed by atoms with Crippen molar-refractivity contribution in [2.45, 2.75) is 96.9 Å². The molecular weight excluding hydrogens is 795 g/mol. The summed E-state index contributed by atoms with van der Waals surface area (Å²) < 4.78 is 364. The first kappa shape index (κ1) is 48.4. The molecule has 5 nitrogen and oxygen atoms in total. The third kappa shape index (κ3) is 7.20. The first-order chi connectivity index (χ1) is 20.1. The number of halogens is 26. The fourth-order valence-electron chi connectivity index (χ4n) is 2.87. The molecule has 32 heteroatoms. The maximum atomic E-state index is 14.8. The van der Waals surface area contributed by atoms with Crippen molar-refractivity contribution < 1.29 is 133 Å². The highest BCUT2D eigenvalue weighted by Crippen LogP contribution is 2.65. The molecule has 0 bridgehead atoms. The van der Waals surface area contributed by atoms with Gasteiger partial charge in [-0.1, -0.05) is 0 Å². The lowest BCUT2D eigenvalue weighted by atomic mass is 9.84. The number of hydrogen-bond acceptors (Lipinski definition) is 3. The molecule has 0 saturated heterocycles. The van der Waals surface area contributed by atoms with E-state index in [2.05, 4.69) is 0 Å². The minimum absolute atomic E-state index is 0. The quantitative estimate of drug-likeness (QED) is 0.102. The van der Waals surface area contributed by atoms with Gasteiger partial charge in [-0.2, -0.15) is 70.2 Å². The largest absolute Gasteiger partial charge is 0.472 e. The van der Waals surface area contributed by atoms with E-state index in [4.69, 9.17) is 9.79 Å². The zero-order chi connectivity index (χ0) is 38.7. The first-order valence-corrected chi connectivity index (χ1v) is 11.9. The van der Waals surface area contributed by atoms with Crippen LogP contribution in [0.2, 0.25) is 0 Å². The lowest BCUT2D eigenvalue weighted by Gasteiger charge is -2.46. The van der Waals surface area contributed by atoms with Crippen LogP contribution < -0.4 is 6.15 Å². The molecule has 0 amide bonds. The molecule has 0 aromatic rings. The van der Waals surface area contributed by atoms with E-state index in [9.17, 15) is 119 Å². The van der Waals surface area contributed by atoms with Crippen LogP contribution in [0.3, 0.4) is 0 Å². The smallest absolute Gasteiger partial charge is 0.344 e. The van der Waals surface area contributed by atoms with Gasteiger partial charge in [-0.05, 0) is 0 Å². The minimum Gasteiger partial charge on any atom is -0.344 e. The van der Waals surface area contributed by atoms with E-state index in [1.165, 1.54) is 0 Å². The molecule has 6 unspecified atom stereocenters. The molecule has 0 spiro atoms. The van der Waals surface area contributed by atoms with E-state index < -0.39 is 105 Å². The summed E-state index contributed by atoms with van der Waals surface area (Å²) in [6.07, 6.45) is -41.4. The number of alkyl halides is 26. The van der Waals surface area contributed by atoms with Crippen LogP contribution in [0.5, 0.6) is 0 Å². The van der Waals surface area contributed by atoms with Gasteiger partial charge < -0.3 is 15.9 Å². The first-order valence-electron chi connectivity index (χ1n) is 10.4. The van der Waals surface area contributed by atoms with Crippen molar-refractivity contribution in [1.82, 2.24) is 6.15 Å². The Morgan fingerprint density at radius 3 is 0.938 bits per heavy atom. The molecule has 0 saturated carbocycles. The van der Waals surface area contributed by atoms with Crippen LogP contribution in [0.4, 0.5) is 114 Å². The van der Waals surface area contributed by atoms with Crippen molar-refractivity contribution in [2.24, 2.45) is 0 Å². The summed E-state index contributed by atoms with van der Waals surface area (Å²) in [5.41, 5.74) is 0. The molecule has 0 aliphatic rings. The molecule has 48 heavy (non-hydrogen) atoms. The van der Waals surface area contributed by atoms with Crippen LogP contribution in [-0.4, -0.2) is 107 Å². The second kappa shape index (κ2) is 13.8. The fourth-order valence-corrected chi connectivity index (χ4v) is 3.42. The van der Waals surface area contributed by atoms with Crippen LogP contribution in [0, 0.1) is 0 Å². The fraction of sp³-hybridized carbons (Fsp3) is 1.00. The molecule has 6 atom stereocenters. The van der Waals surface area contributed by atoms with Gasteiger partial charge in [-0.15, -0.1) is 0 Å². The summed E-state index contributed by atoms with van der Waals surface area (Å²) >= 11 is 0. The third-order valence-corrected chi connectivity index (χ3v) is 6.00. The van der Waals surface area contributed by atoms with E-state index in [0.29, 0.717) is 0 Å². The summed E-state index contributed by atoms with van der Waals surface area (Å²) in [5.74, 6) is -79.1. The van der Waals surface area contributed by atoms with E-state index in [-0.39, 0.29) is 6.15 Å². The number of rotatable bonds is 17. The van der Waals surface area contributed by atoms with Crippen LogP contribution in [0.25, 0.3) is 0 Å². The van der Waals surface area contributed by atoms with Gasteiger partial charge in [0.25, 0.3) is 12.9 Å². The number of phosphoric ester groups is 1. The number of hydrogen-bond donors (Lipinski definition) is 3. The van der Waals surface area contributed by atoms with E-state index in [1.807, 2.05) is 0 Å². The summed E-state index contributed by atoms with van der Waals surface area (Å²) in [6.45, 7) is 0. The topological polar surface area (TPSA) is 102 Å². The summed E-state index contributed by atoms with van der Waals surface area (Å²) in [6, 6.07) is 0. The Kier molecular flexibility index (Phi) is 13.9. The molecule has 0 rings (SSSR count). The Morgan fingerprint density at radius 1 is 0.438 bits per heavy atom. The molecular formula is C16H12F26NO4P. The molecule has 0 aromatic carbocycles. The van der Waals surface area contributed by atoms with Crippen molar-refractivity contribution in [2.75, 3.05) is 0 Å². The molecule has 0 radical (unpaired) electrons. The highest BCUT2D eigenvalue weighted by molar-refractivity contribution is 7.46. The van der Waals surface area contributed by atoms with Crippen LogP contribution in [0.1, 0.15) is 0 Å². The third-order valence-electron chi connectivity index (χ3n) is 5.50. The van der Waals surface area contributed by atoms with Gasteiger partial charge in [0.05, 0.1) is 0 Å². The molecule has 5 N–H and O–H groups in total. The molecule has 0 aromatic heterocycles. The minimum atomic E-state index is -9.23. The zero-order valence-corrected chi connectivity index (χ0v) is 22.1. The lowest BCUT2D eigenvalue weighted by molar-refractivity contribution is -0.443. The van der Waals surface area contributed by atoms with Crippen LogP contribution in [-0.2, 0) is 9.09 Å². The highest BCUT2D eigenvalue weighted by Gasteiger charge is 2.93. The van der Waals surface area contributed by atoms with Crippen molar-refractivity contribution in [3.63, 3.8) is 0 Å². The van der Waals surface area contributed by atoms with Gasteiger partial charge in [-0.3, -0.25) is 0 Å². The van der Waals surface area contributed by atoms with E-state index in [1.54, 1.807) is 4.52 Å². The van der Waals surface area contributed by atoms with Gasteiger partial charge in [0, 0.05) is 0 Å². The van der Waals surface area contributed by atoms with Gasteiger partial charge in [0.2, 0.25) is 18.5 Å². The zero-order valence-electron chi connectivity index (χ0n) is 21.2. The Hall–Kier alpha value is -1.75. The monoisotopic (exact) mass is 807 g/mol. The predicted octanol–water partition coefficient (Wildman–Crippen LogP) is 8.23. The van der Waals surface area contributed by atoms with E-state index in [0.717, 1.165) is 0 Å². The van der Waals surface area contributed by atoms with E-state index >= 15 is 0 Å².